The summed E-state index contributed by atoms with van der Waals surface area (Å²) in [5, 5.41) is 0. The van der Waals surface area contributed by atoms with E-state index in [-0.39, 0.29) is 24.3 Å². The number of aryl methyl sites for hydroxylation is 1. The Hall–Kier alpha value is -1.78. The summed E-state index contributed by atoms with van der Waals surface area (Å²) in [5.41, 5.74) is 0.593. The molecule has 0 N–H and O–H groups in total. The van der Waals surface area contributed by atoms with Crippen LogP contribution in [-0.4, -0.2) is 39.8 Å². The Bertz CT molecular complexity index is 583. The summed E-state index contributed by atoms with van der Waals surface area (Å²) in [7, 11) is 0. The van der Waals surface area contributed by atoms with Crippen molar-refractivity contribution in [2.75, 3.05) is 0 Å². The van der Waals surface area contributed by atoms with Crippen molar-refractivity contribution in [3.8, 4) is 5.88 Å². The van der Waals surface area contributed by atoms with E-state index in [1.165, 1.54) is 0 Å². The van der Waals surface area contributed by atoms with E-state index in [4.69, 9.17) is 9.47 Å². The Morgan fingerprint density at radius 2 is 1.92 bits per heavy atom. The predicted molar refractivity (Wildman–Crippen MR) is 92.1 cm³/mol. The van der Waals surface area contributed by atoms with Crippen molar-refractivity contribution in [3.05, 3.63) is 23.9 Å². The highest BCUT2D eigenvalue weighted by atomic mass is 16.6. The van der Waals surface area contributed by atoms with Crippen molar-refractivity contribution in [3.63, 3.8) is 0 Å². The van der Waals surface area contributed by atoms with Gasteiger partial charge in [-0.05, 0) is 46.1 Å². The lowest BCUT2D eigenvalue weighted by molar-refractivity contribution is -0.00760. The fourth-order valence-electron chi connectivity index (χ4n) is 3.73. The van der Waals surface area contributed by atoms with Crippen LogP contribution in [0.5, 0.6) is 5.88 Å². The Morgan fingerprint density at radius 1 is 1.25 bits per heavy atom. The molecule has 3 rings (SSSR count). The summed E-state index contributed by atoms with van der Waals surface area (Å²) in [6, 6.07) is 6.37. The van der Waals surface area contributed by atoms with E-state index in [2.05, 4.69) is 11.9 Å². The van der Waals surface area contributed by atoms with Crippen LogP contribution in [0.4, 0.5) is 4.79 Å². The molecular weight excluding hydrogens is 304 g/mol. The van der Waals surface area contributed by atoms with Gasteiger partial charge in [0.15, 0.2) is 0 Å². The third-order valence-corrected chi connectivity index (χ3v) is 4.73. The van der Waals surface area contributed by atoms with Gasteiger partial charge in [-0.1, -0.05) is 13.0 Å². The second kappa shape index (κ2) is 6.61. The summed E-state index contributed by atoms with van der Waals surface area (Å²) in [4.78, 5) is 19.0. The molecule has 5 heteroatoms. The molecule has 0 aliphatic carbocycles. The van der Waals surface area contributed by atoms with Crippen molar-refractivity contribution >= 4 is 6.09 Å². The fraction of sp³-hybridized carbons (Fsp3) is 0.684. The molecule has 0 radical (unpaired) electrons. The van der Waals surface area contributed by atoms with Crippen LogP contribution in [0.3, 0.4) is 0 Å². The van der Waals surface area contributed by atoms with E-state index >= 15 is 0 Å². The van der Waals surface area contributed by atoms with Crippen LogP contribution in [0.25, 0.3) is 0 Å². The number of rotatable bonds is 3. The van der Waals surface area contributed by atoms with Crippen LogP contribution >= 0.6 is 0 Å². The third-order valence-electron chi connectivity index (χ3n) is 4.73. The van der Waals surface area contributed by atoms with Crippen LogP contribution in [-0.2, 0) is 11.2 Å². The van der Waals surface area contributed by atoms with Gasteiger partial charge in [-0.3, -0.25) is 0 Å². The summed E-state index contributed by atoms with van der Waals surface area (Å²) in [6.07, 6.45) is 4.62. The normalized spacial score (nSPS) is 26.3. The minimum absolute atomic E-state index is 0.126. The topological polar surface area (TPSA) is 51.7 Å². The fourth-order valence-corrected chi connectivity index (χ4v) is 3.73. The van der Waals surface area contributed by atoms with Crippen molar-refractivity contribution in [1.82, 2.24) is 9.88 Å². The van der Waals surface area contributed by atoms with Crippen LogP contribution in [0.1, 0.15) is 59.1 Å². The second-order valence-electron chi connectivity index (χ2n) is 7.80. The van der Waals surface area contributed by atoms with E-state index < -0.39 is 5.60 Å². The third kappa shape index (κ3) is 3.82. The van der Waals surface area contributed by atoms with Gasteiger partial charge < -0.3 is 14.4 Å². The SMILES string of the molecule is CCc1cccc(OC2C[C@H]3CC[C@@H](C2)N3C(=O)OC(C)(C)C)n1. The molecule has 132 valence electrons. The molecule has 0 aromatic carbocycles. The Labute approximate surface area is 144 Å². The monoisotopic (exact) mass is 332 g/mol. The molecule has 2 bridgehead atoms. The molecule has 2 saturated heterocycles. The highest BCUT2D eigenvalue weighted by Gasteiger charge is 2.45. The minimum Gasteiger partial charge on any atom is -0.474 e. The molecule has 1 aromatic heterocycles. The van der Waals surface area contributed by atoms with Gasteiger partial charge in [0.2, 0.25) is 5.88 Å². The lowest BCUT2D eigenvalue weighted by atomic mass is 10.0. The second-order valence-corrected chi connectivity index (χ2v) is 7.80. The van der Waals surface area contributed by atoms with E-state index in [1.54, 1.807) is 0 Å². The molecule has 1 aromatic rings. The number of aromatic nitrogens is 1. The number of piperidine rings is 1. The molecule has 1 amide bonds. The van der Waals surface area contributed by atoms with Crippen molar-refractivity contribution < 1.29 is 14.3 Å². The number of pyridine rings is 1. The maximum atomic E-state index is 12.5. The van der Waals surface area contributed by atoms with Gasteiger partial charge in [0.25, 0.3) is 0 Å². The number of carbonyl (C=O) groups excluding carboxylic acids is 1. The maximum Gasteiger partial charge on any atom is 0.410 e. The Morgan fingerprint density at radius 3 is 2.50 bits per heavy atom. The van der Waals surface area contributed by atoms with E-state index in [9.17, 15) is 4.79 Å². The summed E-state index contributed by atoms with van der Waals surface area (Å²) >= 11 is 0. The van der Waals surface area contributed by atoms with Crippen molar-refractivity contribution in [2.45, 2.75) is 83.6 Å². The molecule has 24 heavy (non-hydrogen) atoms. The Kier molecular flexibility index (Phi) is 4.70. The molecule has 3 atom stereocenters. The van der Waals surface area contributed by atoms with Crippen LogP contribution in [0, 0.1) is 0 Å². The molecule has 2 aliphatic rings. The summed E-state index contributed by atoms with van der Waals surface area (Å²) in [6.45, 7) is 7.82. The van der Waals surface area contributed by atoms with E-state index in [0.717, 1.165) is 37.8 Å². The van der Waals surface area contributed by atoms with Gasteiger partial charge in [-0.15, -0.1) is 0 Å². The zero-order valence-corrected chi connectivity index (χ0v) is 15.1. The highest BCUT2D eigenvalue weighted by Crippen LogP contribution is 2.38. The average molecular weight is 332 g/mol. The van der Waals surface area contributed by atoms with Crippen LogP contribution in [0.15, 0.2) is 18.2 Å². The number of ether oxygens (including phenoxy) is 2. The van der Waals surface area contributed by atoms with Gasteiger partial charge in [-0.2, -0.15) is 0 Å². The van der Waals surface area contributed by atoms with Gasteiger partial charge >= 0.3 is 6.09 Å². The quantitative estimate of drug-likeness (QED) is 0.841. The number of hydrogen-bond donors (Lipinski definition) is 0. The number of carbonyl (C=O) groups is 1. The molecule has 1 unspecified atom stereocenters. The van der Waals surface area contributed by atoms with Gasteiger partial charge in [0.1, 0.15) is 11.7 Å². The van der Waals surface area contributed by atoms with Crippen molar-refractivity contribution in [1.29, 1.82) is 0 Å². The zero-order chi connectivity index (χ0) is 17.3. The summed E-state index contributed by atoms with van der Waals surface area (Å²) in [5.74, 6) is 0.699. The molecule has 2 fully saturated rings. The standard InChI is InChI=1S/C19H28N2O3/c1-5-13-7-6-8-17(20-13)23-16-11-14-9-10-15(12-16)21(14)18(22)24-19(2,3)4/h6-8,14-16H,5,9-12H2,1-4H3/t14-,15+,16?. The Balaban J connectivity index is 1.63. The van der Waals surface area contributed by atoms with Gasteiger partial charge in [0, 0.05) is 36.7 Å². The minimum atomic E-state index is -0.450. The molecular formula is C19H28N2O3. The number of nitrogens with zero attached hydrogens (tertiary/aromatic N) is 2. The summed E-state index contributed by atoms with van der Waals surface area (Å²) < 4.78 is 11.7. The largest absolute Gasteiger partial charge is 0.474 e. The first-order chi connectivity index (χ1) is 11.4. The molecule has 0 spiro atoms. The molecule has 5 nitrogen and oxygen atoms in total. The highest BCUT2D eigenvalue weighted by molar-refractivity contribution is 5.69. The first-order valence-electron chi connectivity index (χ1n) is 8.99. The maximum absolute atomic E-state index is 12.5. The van der Waals surface area contributed by atoms with E-state index in [1.807, 2.05) is 43.9 Å². The average Bonchev–Trinajstić information content (AvgIpc) is 2.77. The van der Waals surface area contributed by atoms with Gasteiger partial charge in [0.05, 0.1) is 0 Å². The molecule has 2 aliphatic heterocycles. The van der Waals surface area contributed by atoms with Crippen LogP contribution in [0.2, 0.25) is 0 Å². The van der Waals surface area contributed by atoms with Crippen molar-refractivity contribution in [2.24, 2.45) is 0 Å². The number of fused-ring (bicyclic) bond motifs is 2. The molecule has 0 saturated carbocycles. The zero-order valence-electron chi connectivity index (χ0n) is 15.1. The first kappa shape index (κ1) is 17.1. The van der Waals surface area contributed by atoms with E-state index in [0.29, 0.717) is 5.88 Å². The first-order valence-corrected chi connectivity index (χ1v) is 8.99. The van der Waals surface area contributed by atoms with Crippen LogP contribution < -0.4 is 4.74 Å². The smallest absolute Gasteiger partial charge is 0.410 e. The molecule has 3 heterocycles. The number of hydrogen-bond acceptors (Lipinski definition) is 4. The lowest BCUT2D eigenvalue weighted by Crippen LogP contribution is -2.50. The lowest BCUT2D eigenvalue weighted by Gasteiger charge is -2.39. The van der Waals surface area contributed by atoms with Gasteiger partial charge in [-0.25, -0.2) is 9.78 Å². The number of amides is 1. The predicted octanol–water partition coefficient (Wildman–Crippen LogP) is 3.95.